The Morgan fingerprint density at radius 2 is 2.25 bits per heavy atom. The Hall–Kier alpha value is -2.88. The van der Waals surface area contributed by atoms with Gasteiger partial charge in [0.15, 0.2) is 17.3 Å². The Labute approximate surface area is 141 Å². The molecule has 1 aliphatic heterocycles. The van der Waals surface area contributed by atoms with Crippen molar-refractivity contribution in [2.45, 2.75) is 19.6 Å². The molecule has 1 amide bonds. The van der Waals surface area contributed by atoms with Gasteiger partial charge >= 0.3 is 0 Å². The summed E-state index contributed by atoms with van der Waals surface area (Å²) in [5.41, 5.74) is 1.31. The monoisotopic (exact) mass is 342 g/mol. The molecule has 1 N–H and O–H groups in total. The highest BCUT2D eigenvalue weighted by atomic mass is 32.1. The first-order valence-corrected chi connectivity index (χ1v) is 8.26. The number of fused-ring (bicyclic) bond motifs is 1. The van der Waals surface area contributed by atoms with Gasteiger partial charge in [-0.1, -0.05) is 4.49 Å². The highest BCUT2D eigenvalue weighted by Crippen LogP contribution is 2.16. The van der Waals surface area contributed by atoms with Crippen LogP contribution in [0.15, 0.2) is 29.9 Å². The summed E-state index contributed by atoms with van der Waals surface area (Å²) in [6.07, 6.45) is 3.49. The van der Waals surface area contributed by atoms with E-state index in [1.165, 1.54) is 11.5 Å². The van der Waals surface area contributed by atoms with Gasteiger partial charge in [-0.25, -0.2) is 0 Å². The quantitative estimate of drug-likeness (QED) is 0.748. The number of nitrogens with zero attached hydrogens (tertiary/aromatic N) is 7. The third kappa shape index (κ3) is 2.83. The van der Waals surface area contributed by atoms with Crippen molar-refractivity contribution in [2.24, 2.45) is 0 Å². The molecule has 122 valence electrons. The van der Waals surface area contributed by atoms with Crippen LogP contribution in [0.2, 0.25) is 0 Å². The molecule has 10 heteroatoms. The number of aromatic nitrogens is 6. The summed E-state index contributed by atoms with van der Waals surface area (Å²) in [6, 6.07) is 3.82. The van der Waals surface area contributed by atoms with E-state index >= 15 is 0 Å². The minimum absolute atomic E-state index is 0.118. The molecule has 9 nitrogen and oxygen atoms in total. The van der Waals surface area contributed by atoms with Crippen LogP contribution in [0, 0.1) is 0 Å². The number of carbonyl (C=O) groups excluding carboxylic acids is 1. The minimum atomic E-state index is -0.118. The second kappa shape index (κ2) is 6.32. The van der Waals surface area contributed by atoms with Crippen molar-refractivity contribution < 1.29 is 4.79 Å². The maximum absolute atomic E-state index is 12.3. The smallest absolute Gasteiger partial charge is 0.275 e. The van der Waals surface area contributed by atoms with Gasteiger partial charge in [0, 0.05) is 30.9 Å². The number of hydrogen-bond acceptors (Lipinski definition) is 8. The zero-order valence-electron chi connectivity index (χ0n) is 12.7. The summed E-state index contributed by atoms with van der Waals surface area (Å²) in [7, 11) is 0. The van der Waals surface area contributed by atoms with E-state index in [1.807, 2.05) is 16.7 Å². The summed E-state index contributed by atoms with van der Waals surface area (Å²) in [4.78, 5) is 18.1. The van der Waals surface area contributed by atoms with Crippen molar-refractivity contribution in [1.29, 1.82) is 0 Å². The van der Waals surface area contributed by atoms with Crippen LogP contribution in [0.1, 0.15) is 22.1 Å². The molecule has 0 bridgehead atoms. The van der Waals surface area contributed by atoms with Gasteiger partial charge in [-0.05, 0) is 23.7 Å². The fraction of sp³-hybridized carbons (Fsp3) is 0.286. The van der Waals surface area contributed by atoms with E-state index in [-0.39, 0.29) is 5.91 Å². The zero-order valence-corrected chi connectivity index (χ0v) is 13.5. The van der Waals surface area contributed by atoms with Crippen LogP contribution in [0.4, 0.5) is 5.69 Å². The fourth-order valence-electron chi connectivity index (χ4n) is 2.59. The average molecular weight is 342 g/mol. The van der Waals surface area contributed by atoms with E-state index < -0.39 is 0 Å². The topological polar surface area (TPSA) is 102 Å². The third-order valence-corrected chi connectivity index (χ3v) is 4.31. The predicted octanol–water partition coefficient (Wildman–Crippen LogP) is 0.793. The molecule has 0 radical (unpaired) electrons. The Bertz CT molecular complexity index is 832. The van der Waals surface area contributed by atoms with Crippen molar-refractivity contribution in [2.75, 3.05) is 11.9 Å². The van der Waals surface area contributed by atoms with Gasteiger partial charge < -0.3 is 14.8 Å². The lowest BCUT2D eigenvalue weighted by molar-refractivity contribution is 0.0700. The normalized spacial score (nSPS) is 13.6. The van der Waals surface area contributed by atoms with Crippen molar-refractivity contribution >= 4 is 23.1 Å². The van der Waals surface area contributed by atoms with Gasteiger partial charge in [-0.3, -0.25) is 9.78 Å². The van der Waals surface area contributed by atoms with Crippen LogP contribution in [0.3, 0.4) is 0 Å². The Balaban J connectivity index is 1.44. The molecule has 0 aliphatic carbocycles. The van der Waals surface area contributed by atoms with Crippen LogP contribution in [0.25, 0.3) is 0 Å². The van der Waals surface area contributed by atoms with Gasteiger partial charge in [0.05, 0.1) is 18.8 Å². The van der Waals surface area contributed by atoms with E-state index in [1.54, 1.807) is 22.7 Å². The molecule has 4 heterocycles. The lowest BCUT2D eigenvalue weighted by Crippen LogP contribution is -2.39. The largest absolute Gasteiger partial charge is 0.376 e. The maximum atomic E-state index is 12.3. The highest BCUT2D eigenvalue weighted by molar-refractivity contribution is 7.03. The van der Waals surface area contributed by atoms with Gasteiger partial charge in [-0.2, -0.15) is 0 Å². The number of carbonyl (C=O) groups is 1. The van der Waals surface area contributed by atoms with E-state index in [0.717, 1.165) is 17.3 Å². The molecule has 24 heavy (non-hydrogen) atoms. The molecule has 0 saturated carbocycles. The molecular weight excluding hydrogens is 328 g/mol. The number of pyridine rings is 1. The third-order valence-electron chi connectivity index (χ3n) is 3.81. The van der Waals surface area contributed by atoms with Crippen molar-refractivity contribution in [3.8, 4) is 0 Å². The van der Waals surface area contributed by atoms with Crippen LogP contribution in [-0.4, -0.2) is 46.7 Å². The first kappa shape index (κ1) is 14.7. The van der Waals surface area contributed by atoms with Gasteiger partial charge in [0.25, 0.3) is 5.91 Å². The van der Waals surface area contributed by atoms with Crippen molar-refractivity contribution in [3.63, 3.8) is 0 Å². The van der Waals surface area contributed by atoms with Crippen molar-refractivity contribution in [1.82, 2.24) is 34.2 Å². The van der Waals surface area contributed by atoms with Gasteiger partial charge in [-0.15, -0.1) is 15.3 Å². The SMILES string of the molecule is O=C(c1csnn1)N1CCn2c(CNc3cccnc3)nnc2C1. The maximum Gasteiger partial charge on any atom is 0.275 e. The van der Waals surface area contributed by atoms with E-state index in [0.29, 0.717) is 31.9 Å². The summed E-state index contributed by atoms with van der Waals surface area (Å²) in [5, 5.41) is 17.2. The van der Waals surface area contributed by atoms with Crippen LogP contribution < -0.4 is 5.32 Å². The summed E-state index contributed by atoms with van der Waals surface area (Å²) >= 11 is 1.17. The molecule has 0 atom stereocenters. The lowest BCUT2D eigenvalue weighted by atomic mass is 10.3. The predicted molar refractivity (Wildman–Crippen MR) is 86.2 cm³/mol. The molecule has 0 spiro atoms. The molecule has 3 aromatic heterocycles. The Kier molecular flexibility index (Phi) is 3.87. The molecule has 0 unspecified atom stereocenters. The molecule has 3 aromatic rings. The first-order valence-electron chi connectivity index (χ1n) is 7.42. The fourth-order valence-corrected chi connectivity index (χ4v) is 3.02. The second-order valence-corrected chi connectivity index (χ2v) is 5.91. The number of hydrogen-bond donors (Lipinski definition) is 1. The summed E-state index contributed by atoms with van der Waals surface area (Å²) in [6.45, 7) is 2.25. The van der Waals surface area contributed by atoms with E-state index in [9.17, 15) is 4.79 Å². The van der Waals surface area contributed by atoms with Crippen LogP contribution in [0.5, 0.6) is 0 Å². The van der Waals surface area contributed by atoms with Crippen LogP contribution in [-0.2, 0) is 19.6 Å². The summed E-state index contributed by atoms with van der Waals surface area (Å²) < 4.78 is 5.79. The lowest BCUT2D eigenvalue weighted by Gasteiger charge is -2.27. The van der Waals surface area contributed by atoms with Crippen LogP contribution >= 0.6 is 11.5 Å². The second-order valence-electron chi connectivity index (χ2n) is 5.30. The number of anilines is 1. The zero-order chi connectivity index (χ0) is 16.4. The number of amides is 1. The van der Waals surface area contributed by atoms with E-state index in [2.05, 4.69) is 30.1 Å². The van der Waals surface area contributed by atoms with Gasteiger partial charge in [0.1, 0.15) is 0 Å². The molecule has 4 rings (SSSR count). The minimum Gasteiger partial charge on any atom is -0.376 e. The standard InChI is InChI=1S/C14H14N8OS/c23-14(11-9-24-20-17-11)21-4-5-22-12(18-19-13(22)8-21)7-16-10-2-1-3-15-6-10/h1-3,6,9,16H,4-5,7-8H2. The highest BCUT2D eigenvalue weighted by Gasteiger charge is 2.26. The average Bonchev–Trinajstić information content (AvgIpc) is 3.30. The molecule has 0 saturated heterocycles. The molecular formula is C14H14N8OS. The van der Waals surface area contributed by atoms with E-state index in [4.69, 9.17) is 0 Å². The first-order chi connectivity index (χ1) is 11.8. The Morgan fingerprint density at radius 3 is 3.04 bits per heavy atom. The molecule has 1 aliphatic rings. The van der Waals surface area contributed by atoms with Crippen molar-refractivity contribution in [3.05, 3.63) is 47.2 Å². The summed E-state index contributed by atoms with van der Waals surface area (Å²) in [5.74, 6) is 1.50. The molecule has 0 fully saturated rings. The van der Waals surface area contributed by atoms with Gasteiger partial charge in [0.2, 0.25) is 0 Å². The number of rotatable bonds is 4. The Morgan fingerprint density at radius 1 is 1.29 bits per heavy atom. The number of nitrogens with one attached hydrogen (secondary N) is 1. The molecule has 0 aromatic carbocycles.